The molecule has 0 saturated carbocycles. The minimum Gasteiger partial charge on any atom is -0.481 e. The first-order valence-corrected chi connectivity index (χ1v) is 10.9. The van der Waals surface area contributed by atoms with Gasteiger partial charge in [0.25, 0.3) is 0 Å². The summed E-state index contributed by atoms with van der Waals surface area (Å²) in [5.41, 5.74) is 2.55. The maximum atomic E-state index is 12.6. The zero-order chi connectivity index (χ0) is 21.2. The molecule has 0 aromatic heterocycles. The number of carbonyl (C=O) groups excluding carboxylic acids is 1. The fourth-order valence-corrected chi connectivity index (χ4v) is 4.79. The first-order valence-electron chi connectivity index (χ1n) is 9.05. The molecule has 2 aromatic rings. The molecule has 3 rings (SSSR count). The van der Waals surface area contributed by atoms with E-state index in [9.17, 15) is 18.0 Å². The van der Waals surface area contributed by atoms with Crippen LogP contribution in [0.1, 0.15) is 24.5 Å². The lowest BCUT2D eigenvalue weighted by Gasteiger charge is -2.21. The molecule has 0 aliphatic heterocycles. The number of carboxylic acids is 1. The Morgan fingerprint density at radius 1 is 1.14 bits per heavy atom. The van der Waals surface area contributed by atoms with Gasteiger partial charge < -0.3 is 10.0 Å². The van der Waals surface area contributed by atoms with Gasteiger partial charge >= 0.3 is 5.97 Å². The van der Waals surface area contributed by atoms with E-state index in [1.54, 1.807) is 6.07 Å². The molecule has 0 radical (unpaired) electrons. The third-order valence-corrected chi connectivity index (χ3v) is 6.60. The van der Waals surface area contributed by atoms with E-state index in [-0.39, 0.29) is 29.8 Å². The van der Waals surface area contributed by atoms with E-state index in [0.29, 0.717) is 23.6 Å². The molecule has 154 valence electrons. The normalized spacial score (nSPS) is 15.7. The molecule has 0 heterocycles. The summed E-state index contributed by atoms with van der Waals surface area (Å²) >= 11 is 5.82. The topological polar surface area (TPSA) is 104 Å². The third-order valence-electron chi connectivity index (χ3n) is 4.81. The highest BCUT2D eigenvalue weighted by atomic mass is 35.5. The second-order valence-corrected chi connectivity index (χ2v) is 9.10. The second kappa shape index (κ2) is 8.52. The van der Waals surface area contributed by atoms with Crippen LogP contribution in [0.25, 0.3) is 0 Å². The van der Waals surface area contributed by atoms with E-state index in [1.165, 1.54) is 36.1 Å². The smallest absolute Gasteiger partial charge is 0.305 e. The SMILES string of the molecule is CC(=O)N(CCC(=O)O)c1ccc2c(c1)CC(NS(=O)(=O)c1ccc(Cl)cc1)C2. The third kappa shape index (κ3) is 5.14. The van der Waals surface area contributed by atoms with Crippen molar-refractivity contribution in [3.05, 3.63) is 58.6 Å². The highest BCUT2D eigenvalue weighted by Crippen LogP contribution is 2.28. The number of amides is 1. The molecule has 0 bridgehead atoms. The summed E-state index contributed by atoms with van der Waals surface area (Å²) in [4.78, 5) is 24.3. The Hall–Kier alpha value is -2.42. The van der Waals surface area contributed by atoms with Crippen LogP contribution in [0.4, 0.5) is 5.69 Å². The van der Waals surface area contributed by atoms with Crippen LogP contribution in [-0.2, 0) is 32.5 Å². The molecule has 1 unspecified atom stereocenters. The Kier molecular flexibility index (Phi) is 6.26. The first-order chi connectivity index (χ1) is 13.7. The summed E-state index contributed by atoms with van der Waals surface area (Å²) in [6.07, 6.45) is 0.873. The number of halogens is 1. The van der Waals surface area contributed by atoms with Gasteiger partial charge in [0.15, 0.2) is 0 Å². The van der Waals surface area contributed by atoms with Crippen molar-refractivity contribution in [2.24, 2.45) is 0 Å². The number of carbonyl (C=O) groups is 2. The van der Waals surface area contributed by atoms with Gasteiger partial charge in [-0.15, -0.1) is 0 Å². The van der Waals surface area contributed by atoms with Crippen molar-refractivity contribution in [1.29, 1.82) is 0 Å². The Morgan fingerprint density at radius 3 is 2.41 bits per heavy atom. The standard InChI is InChI=1S/C20H21ClN2O5S/c1-13(24)23(9-8-20(25)26)18-5-2-14-10-17(11-15(14)12-18)22-29(27,28)19-6-3-16(21)4-7-19/h2-7,12,17,22H,8-11H2,1H3,(H,25,26). The average Bonchev–Trinajstić information content (AvgIpc) is 3.02. The summed E-state index contributed by atoms with van der Waals surface area (Å²) < 4.78 is 27.9. The number of benzene rings is 2. The minimum atomic E-state index is -3.67. The van der Waals surface area contributed by atoms with Crippen LogP contribution in [0.15, 0.2) is 47.4 Å². The molecular formula is C20H21ClN2O5S. The monoisotopic (exact) mass is 436 g/mol. The highest BCUT2D eigenvalue weighted by molar-refractivity contribution is 7.89. The molecule has 7 nitrogen and oxygen atoms in total. The number of nitrogens with one attached hydrogen (secondary N) is 1. The number of aliphatic carboxylic acids is 1. The number of sulfonamides is 1. The predicted octanol–water partition coefficient (Wildman–Crippen LogP) is 2.61. The van der Waals surface area contributed by atoms with Crippen LogP contribution in [0.3, 0.4) is 0 Å². The van der Waals surface area contributed by atoms with Crippen LogP contribution in [-0.4, -0.2) is 38.0 Å². The fourth-order valence-electron chi connectivity index (χ4n) is 3.43. The Labute approximate surface area is 174 Å². The molecule has 2 N–H and O–H groups in total. The van der Waals surface area contributed by atoms with Crippen LogP contribution in [0.2, 0.25) is 5.02 Å². The van der Waals surface area contributed by atoms with Gasteiger partial charge in [0.2, 0.25) is 15.9 Å². The van der Waals surface area contributed by atoms with Crippen molar-refractivity contribution in [2.45, 2.75) is 37.1 Å². The number of fused-ring (bicyclic) bond motifs is 1. The number of carboxylic acid groups (broad SMARTS) is 1. The van der Waals surface area contributed by atoms with E-state index in [0.717, 1.165) is 11.1 Å². The van der Waals surface area contributed by atoms with E-state index >= 15 is 0 Å². The molecule has 0 fully saturated rings. The van der Waals surface area contributed by atoms with Gasteiger partial charge in [-0.2, -0.15) is 0 Å². The van der Waals surface area contributed by atoms with E-state index in [2.05, 4.69) is 4.72 Å². The molecule has 29 heavy (non-hydrogen) atoms. The van der Waals surface area contributed by atoms with Crippen LogP contribution >= 0.6 is 11.6 Å². The zero-order valence-corrected chi connectivity index (χ0v) is 17.3. The molecular weight excluding hydrogens is 416 g/mol. The Balaban J connectivity index is 1.74. The lowest BCUT2D eigenvalue weighted by Crippen LogP contribution is -2.35. The Bertz CT molecular complexity index is 1040. The van der Waals surface area contributed by atoms with Gasteiger partial charge in [-0.1, -0.05) is 17.7 Å². The molecule has 9 heteroatoms. The van der Waals surface area contributed by atoms with E-state index in [4.69, 9.17) is 16.7 Å². The van der Waals surface area contributed by atoms with Crippen molar-refractivity contribution in [2.75, 3.05) is 11.4 Å². The van der Waals surface area contributed by atoms with Gasteiger partial charge in [0.1, 0.15) is 0 Å². The van der Waals surface area contributed by atoms with E-state index < -0.39 is 16.0 Å². The molecule has 0 saturated heterocycles. The summed E-state index contributed by atoms with van der Waals surface area (Å²) in [7, 11) is -3.67. The van der Waals surface area contributed by atoms with Crippen LogP contribution in [0, 0.1) is 0 Å². The van der Waals surface area contributed by atoms with Gasteiger partial charge in [-0.3, -0.25) is 9.59 Å². The van der Waals surface area contributed by atoms with Gasteiger partial charge in [-0.25, -0.2) is 13.1 Å². The zero-order valence-electron chi connectivity index (χ0n) is 15.8. The summed E-state index contributed by atoms with van der Waals surface area (Å²) in [5.74, 6) is -1.22. The molecule has 1 aliphatic carbocycles. The van der Waals surface area contributed by atoms with Crippen molar-refractivity contribution in [1.82, 2.24) is 4.72 Å². The average molecular weight is 437 g/mol. The number of hydrogen-bond donors (Lipinski definition) is 2. The van der Waals surface area contributed by atoms with Gasteiger partial charge in [0, 0.05) is 30.2 Å². The van der Waals surface area contributed by atoms with Crippen molar-refractivity contribution >= 4 is 39.2 Å². The van der Waals surface area contributed by atoms with Crippen molar-refractivity contribution < 1.29 is 23.1 Å². The molecule has 1 atom stereocenters. The number of nitrogens with zero attached hydrogens (tertiary/aromatic N) is 1. The maximum Gasteiger partial charge on any atom is 0.305 e. The number of anilines is 1. The van der Waals surface area contributed by atoms with Gasteiger partial charge in [-0.05, 0) is 60.4 Å². The number of hydrogen-bond acceptors (Lipinski definition) is 4. The molecule has 0 spiro atoms. The van der Waals surface area contributed by atoms with Gasteiger partial charge in [0.05, 0.1) is 11.3 Å². The van der Waals surface area contributed by atoms with E-state index in [1.807, 2.05) is 12.1 Å². The van der Waals surface area contributed by atoms with Crippen LogP contribution < -0.4 is 9.62 Å². The second-order valence-electron chi connectivity index (χ2n) is 6.95. The molecule has 1 amide bonds. The lowest BCUT2D eigenvalue weighted by molar-refractivity contribution is -0.136. The Morgan fingerprint density at radius 2 is 1.79 bits per heavy atom. The first kappa shape index (κ1) is 21.3. The predicted molar refractivity (Wildman–Crippen MR) is 110 cm³/mol. The lowest BCUT2D eigenvalue weighted by atomic mass is 10.1. The molecule has 1 aliphatic rings. The fraction of sp³-hybridized carbons (Fsp3) is 0.300. The van der Waals surface area contributed by atoms with Crippen LogP contribution in [0.5, 0.6) is 0 Å². The minimum absolute atomic E-state index is 0.0794. The molecule has 2 aromatic carbocycles. The summed E-state index contributed by atoms with van der Waals surface area (Å²) in [6.45, 7) is 1.47. The maximum absolute atomic E-state index is 12.6. The number of rotatable bonds is 7. The highest BCUT2D eigenvalue weighted by Gasteiger charge is 2.27. The largest absolute Gasteiger partial charge is 0.481 e. The summed E-state index contributed by atoms with van der Waals surface area (Å²) in [6, 6.07) is 11.1. The summed E-state index contributed by atoms with van der Waals surface area (Å²) in [5, 5.41) is 9.35. The van der Waals surface area contributed by atoms with Crippen molar-refractivity contribution in [3.63, 3.8) is 0 Å². The van der Waals surface area contributed by atoms with Crippen molar-refractivity contribution in [3.8, 4) is 0 Å². The quantitative estimate of drug-likeness (QED) is 0.694.